The van der Waals surface area contributed by atoms with Gasteiger partial charge in [-0.05, 0) is 6.42 Å². The topological polar surface area (TPSA) is 84.9 Å². The second-order valence-electron chi connectivity index (χ2n) is 1.37. The third kappa shape index (κ3) is 31.9. The lowest BCUT2D eigenvalue weighted by atomic mass is 10.4. The van der Waals surface area contributed by atoms with Crippen LogP contribution in [-0.2, 0) is 4.79 Å². The molecule has 0 saturated carbocycles. The van der Waals surface area contributed by atoms with E-state index in [-0.39, 0.29) is 0 Å². The molecule has 0 heterocycles. The molecular weight excluding hydrogens is 132 g/mol. The summed E-state index contributed by atoms with van der Waals surface area (Å²) in [5, 5.41) is 22.4. The number of carbonyl (C=O) groups is 1. The van der Waals surface area contributed by atoms with Crippen LogP contribution in [0.15, 0.2) is 0 Å². The standard InChI is InChI=1S/C4H8O2.C2N2/c1-2-3-4(5)6;3-1-2-4/h2-3H2,1H3,(H,5,6);. The zero-order valence-corrected chi connectivity index (χ0v) is 5.66. The summed E-state index contributed by atoms with van der Waals surface area (Å²) in [4.78, 5) is 9.60. The molecule has 1 N–H and O–H groups in total. The van der Waals surface area contributed by atoms with Gasteiger partial charge < -0.3 is 5.11 Å². The number of aliphatic carboxylic acids is 1. The third-order valence-electron chi connectivity index (χ3n) is 0.514. The number of carboxylic acids is 1. The molecule has 0 atom stereocenters. The molecular formula is C6H8N2O2. The van der Waals surface area contributed by atoms with E-state index in [2.05, 4.69) is 0 Å². The van der Waals surface area contributed by atoms with Crippen LogP contribution in [0.4, 0.5) is 0 Å². The lowest BCUT2D eigenvalue weighted by Gasteiger charge is -1.79. The maximum atomic E-state index is 9.60. The highest BCUT2D eigenvalue weighted by Crippen LogP contribution is 1.82. The summed E-state index contributed by atoms with van der Waals surface area (Å²) in [7, 11) is 0. The van der Waals surface area contributed by atoms with Gasteiger partial charge in [-0.3, -0.25) is 4.79 Å². The molecule has 0 aliphatic heterocycles. The molecule has 0 spiro atoms. The van der Waals surface area contributed by atoms with Gasteiger partial charge in [0.05, 0.1) is 0 Å². The molecule has 0 unspecified atom stereocenters. The van der Waals surface area contributed by atoms with Gasteiger partial charge in [-0.2, -0.15) is 10.5 Å². The fourth-order valence-corrected chi connectivity index (χ4v) is 0.214. The van der Waals surface area contributed by atoms with Crippen molar-refractivity contribution in [1.29, 1.82) is 10.5 Å². The number of hydrogen-bond donors (Lipinski definition) is 1. The molecule has 10 heavy (non-hydrogen) atoms. The number of hydrogen-bond acceptors (Lipinski definition) is 3. The highest BCUT2D eigenvalue weighted by Gasteiger charge is 1.87. The molecule has 0 aromatic rings. The first-order valence-electron chi connectivity index (χ1n) is 2.69. The van der Waals surface area contributed by atoms with Crippen molar-refractivity contribution in [2.24, 2.45) is 0 Å². The van der Waals surface area contributed by atoms with E-state index in [4.69, 9.17) is 15.6 Å². The van der Waals surface area contributed by atoms with Gasteiger partial charge in [-0.1, -0.05) is 6.92 Å². The summed E-state index contributed by atoms with van der Waals surface area (Å²) in [6.45, 7) is 1.84. The molecule has 0 radical (unpaired) electrons. The minimum Gasteiger partial charge on any atom is -0.481 e. The van der Waals surface area contributed by atoms with Crippen molar-refractivity contribution in [2.75, 3.05) is 0 Å². The molecule has 4 nitrogen and oxygen atoms in total. The van der Waals surface area contributed by atoms with Crippen LogP contribution in [-0.4, -0.2) is 11.1 Å². The Bertz CT molecular complexity index is 152. The maximum absolute atomic E-state index is 9.60. The van der Waals surface area contributed by atoms with E-state index in [1.807, 2.05) is 6.92 Å². The van der Waals surface area contributed by atoms with Crippen molar-refractivity contribution >= 4 is 5.97 Å². The van der Waals surface area contributed by atoms with E-state index in [9.17, 15) is 4.79 Å². The summed E-state index contributed by atoms with van der Waals surface area (Å²) in [5.41, 5.74) is 0. The minimum atomic E-state index is -0.711. The van der Waals surface area contributed by atoms with Gasteiger partial charge in [0, 0.05) is 6.42 Å². The average molecular weight is 140 g/mol. The normalized spacial score (nSPS) is 5.90. The Balaban J connectivity index is 0. The molecule has 0 amide bonds. The molecule has 0 aliphatic carbocycles. The Kier molecular flexibility index (Phi) is 11.8. The molecule has 0 aromatic carbocycles. The van der Waals surface area contributed by atoms with Gasteiger partial charge in [0.15, 0.2) is 12.1 Å². The number of nitrogens with zero attached hydrogens (tertiary/aromatic N) is 2. The van der Waals surface area contributed by atoms with E-state index in [1.165, 1.54) is 12.1 Å². The van der Waals surface area contributed by atoms with Crippen LogP contribution in [0, 0.1) is 22.7 Å². The molecule has 0 saturated heterocycles. The summed E-state index contributed by atoms with van der Waals surface area (Å²) in [5.74, 6) is -0.711. The summed E-state index contributed by atoms with van der Waals surface area (Å²) < 4.78 is 0. The second kappa shape index (κ2) is 10.4. The molecule has 4 heteroatoms. The quantitative estimate of drug-likeness (QED) is 0.617. The van der Waals surface area contributed by atoms with Crippen LogP contribution in [0.25, 0.3) is 0 Å². The van der Waals surface area contributed by atoms with Gasteiger partial charge in [-0.25, -0.2) is 0 Å². The van der Waals surface area contributed by atoms with Crippen LogP contribution in [0.2, 0.25) is 0 Å². The molecule has 0 aliphatic rings. The number of nitriles is 2. The molecule has 0 rings (SSSR count). The maximum Gasteiger partial charge on any atom is 0.303 e. The summed E-state index contributed by atoms with van der Waals surface area (Å²) in [6, 6.07) is 2.47. The third-order valence-corrected chi connectivity index (χ3v) is 0.514. The Hall–Kier alpha value is -1.55. The zero-order valence-electron chi connectivity index (χ0n) is 5.66. The van der Waals surface area contributed by atoms with E-state index in [1.54, 1.807) is 0 Å². The Morgan fingerprint density at radius 3 is 1.90 bits per heavy atom. The van der Waals surface area contributed by atoms with Gasteiger partial charge in [0.1, 0.15) is 0 Å². The van der Waals surface area contributed by atoms with Crippen molar-refractivity contribution in [1.82, 2.24) is 0 Å². The van der Waals surface area contributed by atoms with Crippen molar-refractivity contribution in [3.63, 3.8) is 0 Å². The first-order valence-corrected chi connectivity index (χ1v) is 2.69. The monoisotopic (exact) mass is 140 g/mol. The fraction of sp³-hybridized carbons (Fsp3) is 0.500. The Morgan fingerprint density at radius 1 is 1.50 bits per heavy atom. The van der Waals surface area contributed by atoms with Crippen molar-refractivity contribution in [3.8, 4) is 12.1 Å². The smallest absolute Gasteiger partial charge is 0.303 e. The first kappa shape index (κ1) is 11.3. The Labute approximate surface area is 59.3 Å². The summed E-state index contributed by atoms with van der Waals surface area (Å²) >= 11 is 0. The second-order valence-corrected chi connectivity index (χ2v) is 1.37. The van der Waals surface area contributed by atoms with Crippen molar-refractivity contribution in [3.05, 3.63) is 0 Å². The fourth-order valence-electron chi connectivity index (χ4n) is 0.214. The van der Waals surface area contributed by atoms with Crippen molar-refractivity contribution in [2.45, 2.75) is 19.8 Å². The average Bonchev–Trinajstić information content (AvgIpc) is 1.89. The van der Waals surface area contributed by atoms with E-state index >= 15 is 0 Å². The van der Waals surface area contributed by atoms with E-state index in [0.29, 0.717) is 6.42 Å². The Morgan fingerprint density at radius 2 is 1.90 bits per heavy atom. The molecule has 54 valence electrons. The van der Waals surface area contributed by atoms with Gasteiger partial charge in [0.25, 0.3) is 0 Å². The zero-order chi connectivity index (χ0) is 8.41. The van der Waals surface area contributed by atoms with Gasteiger partial charge >= 0.3 is 5.97 Å². The van der Waals surface area contributed by atoms with Crippen LogP contribution < -0.4 is 0 Å². The van der Waals surface area contributed by atoms with E-state index < -0.39 is 5.97 Å². The van der Waals surface area contributed by atoms with Crippen LogP contribution in [0.5, 0.6) is 0 Å². The predicted octanol–water partition coefficient (Wildman–Crippen LogP) is 0.905. The van der Waals surface area contributed by atoms with E-state index in [0.717, 1.165) is 6.42 Å². The first-order chi connectivity index (χ1) is 4.68. The largest absolute Gasteiger partial charge is 0.481 e. The highest BCUT2D eigenvalue weighted by molar-refractivity contribution is 5.66. The van der Waals surface area contributed by atoms with Gasteiger partial charge in [-0.15, -0.1) is 0 Å². The van der Waals surface area contributed by atoms with Crippen LogP contribution in [0.3, 0.4) is 0 Å². The molecule has 0 bridgehead atoms. The van der Waals surface area contributed by atoms with Gasteiger partial charge in [0.2, 0.25) is 0 Å². The summed E-state index contributed by atoms with van der Waals surface area (Å²) in [6.07, 6.45) is 1.02. The SMILES string of the molecule is CCCC(=O)O.N#CC#N. The van der Waals surface area contributed by atoms with Crippen LogP contribution >= 0.6 is 0 Å². The highest BCUT2D eigenvalue weighted by atomic mass is 16.4. The molecule has 0 fully saturated rings. The lowest BCUT2D eigenvalue weighted by molar-refractivity contribution is -0.137. The predicted molar refractivity (Wildman–Crippen MR) is 33.8 cm³/mol. The lowest BCUT2D eigenvalue weighted by Crippen LogP contribution is -1.90. The number of rotatable bonds is 2. The molecule has 0 aromatic heterocycles. The minimum absolute atomic E-state index is 0.292. The van der Waals surface area contributed by atoms with Crippen molar-refractivity contribution < 1.29 is 9.90 Å². The number of carboxylic acid groups (broad SMARTS) is 1. The van der Waals surface area contributed by atoms with Crippen LogP contribution in [0.1, 0.15) is 19.8 Å².